The number of hydrogen-bond acceptors (Lipinski definition) is 3. The summed E-state index contributed by atoms with van der Waals surface area (Å²) in [4.78, 5) is 2.47. The van der Waals surface area contributed by atoms with Crippen LogP contribution in [-0.4, -0.2) is 37.1 Å². The van der Waals surface area contributed by atoms with Crippen molar-refractivity contribution in [2.75, 3.05) is 26.2 Å². The molecule has 0 aliphatic carbocycles. The molecule has 0 spiro atoms. The molecule has 1 aliphatic heterocycles. The van der Waals surface area contributed by atoms with Crippen molar-refractivity contribution in [3.05, 3.63) is 0 Å². The molecule has 0 aromatic carbocycles. The van der Waals surface area contributed by atoms with Gasteiger partial charge in [0.1, 0.15) is 0 Å². The summed E-state index contributed by atoms with van der Waals surface area (Å²) in [5.41, 5.74) is 11.4. The number of hydrogen-bond donors (Lipinski definition) is 2. The third-order valence-electron chi connectivity index (χ3n) is 2.94. The van der Waals surface area contributed by atoms with Crippen LogP contribution in [0.15, 0.2) is 0 Å². The van der Waals surface area contributed by atoms with Gasteiger partial charge in [-0.3, -0.25) is 0 Å². The summed E-state index contributed by atoms with van der Waals surface area (Å²) in [6.45, 7) is 8.29. The lowest BCUT2D eigenvalue weighted by molar-refractivity contribution is 0.262. The Kier molecular flexibility index (Phi) is 3.50. The van der Waals surface area contributed by atoms with Crippen molar-refractivity contribution < 1.29 is 0 Å². The minimum absolute atomic E-state index is 0.623. The Hall–Kier alpha value is -0.120. The van der Waals surface area contributed by atoms with Crippen molar-refractivity contribution in [3.8, 4) is 0 Å². The molecule has 72 valence electrons. The number of nitrogens with zero attached hydrogens (tertiary/aromatic N) is 1. The largest absolute Gasteiger partial charge is 0.330 e. The molecule has 3 nitrogen and oxygen atoms in total. The van der Waals surface area contributed by atoms with Crippen LogP contribution in [0, 0.1) is 11.8 Å². The fourth-order valence-electron chi connectivity index (χ4n) is 1.93. The summed E-state index contributed by atoms with van der Waals surface area (Å²) in [6, 6.07) is 0.635. The van der Waals surface area contributed by atoms with E-state index in [9.17, 15) is 0 Å². The van der Waals surface area contributed by atoms with E-state index in [-0.39, 0.29) is 0 Å². The van der Waals surface area contributed by atoms with E-state index in [1.165, 1.54) is 0 Å². The molecule has 4 N–H and O–H groups in total. The number of nitrogens with two attached hydrogens (primary N) is 2. The van der Waals surface area contributed by atoms with E-state index in [0.717, 1.165) is 26.2 Å². The predicted molar refractivity (Wildman–Crippen MR) is 51.8 cm³/mol. The molecule has 12 heavy (non-hydrogen) atoms. The summed E-state index contributed by atoms with van der Waals surface area (Å²) >= 11 is 0. The van der Waals surface area contributed by atoms with Gasteiger partial charge in [-0.05, 0) is 38.8 Å². The van der Waals surface area contributed by atoms with Gasteiger partial charge in [-0.1, -0.05) is 0 Å². The lowest BCUT2D eigenvalue weighted by Gasteiger charge is -2.19. The highest BCUT2D eigenvalue weighted by Crippen LogP contribution is 2.22. The van der Waals surface area contributed by atoms with Crippen LogP contribution in [0.25, 0.3) is 0 Å². The Labute approximate surface area is 75.1 Å². The first-order valence-corrected chi connectivity index (χ1v) is 4.83. The average molecular weight is 171 g/mol. The first kappa shape index (κ1) is 9.96. The zero-order valence-electron chi connectivity index (χ0n) is 8.16. The van der Waals surface area contributed by atoms with Gasteiger partial charge >= 0.3 is 0 Å². The standard InChI is InChI=1S/C9H21N3/c1-7(2)12-5-8(3-10)9(4-11)6-12/h7-9H,3-6,10-11H2,1-2H3/t8-,9-/m1/s1. The molecule has 0 aromatic rings. The Morgan fingerprint density at radius 2 is 1.58 bits per heavy atom. The van der Waals surface area contributed by atoms with Gasteiger partial charge in [-0.15, -0.1) is 0 Å². The molecule has 1 aliphatic rings. The van der Waals surface area contributed by atoms with E-state index in [0.29, 0.717) is 17.9 Å². The van der Waals surface area contributed by atoms with Gasteiger partial charge in [-0.25, -0.2) is 0 Å². The van der Waals surface area contributed by atoms with Gasteiger partial charge < -0.3 is 16.4 Å². The summed E-state index contributed by atoms with van der Waals surface area (Å²) in [5, 5.41) is 0. The third-order valence-corrected chi connectivity index (χ3v) is 2.94. The van der Waals surface area contributed by atoms with Crippen LogP contribution in [-0.2, 0) is 0 Å². The molecule has 1 heterocycles. The van der Waals surface area contributed by atoms with Crippen LogP contribution in [0.3, 0.4) is 0 Å². The van der Waals surface area contributed by atoms with Crippen LogP contribution in [0.5, 0.6) is 0 Å². The zero-order valence-corrected chi connectivity index (χ0v) is 8.16. The topological polar surface area (TPSA) is 55.3 Å². The highest BCUT2D eigenvalue weighted by Gasteiger charge is 2.31. The molecule has 2 atom stereocenters. The van der Waals surface area contributed by atoms with Crippen LogP contribution in [0.1, 0.15) is 13.8 Å². The van der Waals surface area contributed by atoms with E-state index in [2.05, 4.69) is 18.7 Å². The van der Waals surface area contributed by atoms with Gasteiger partial charge in [0.2, 0.25) is 0 Å². The molecule has 1 saturated heterocycles. The second kappa shape index (κ2) is 4.21. The molecule has 0 saturated carbocycles. The molecule has 0 amide bonds. The van der Waals surface area contributed by atoms with E-state index < -0.39 is 0 Å². The fourth-order valence-corrected chi connectivity index (χ4v) is 1.93. The quantitative estimate of drug-likeness (QED) is 0.621. The monoisotopic (exact) mass is 171 g/mol. The van der Waals surface area contributed by atoms with Crippen molar-refractivity contribution in [1.29, 1.82) is 0 Å². The van der Waals surface area contributed by atoms with E-state index in [1.54, 1.807) is 0 Å². The highest BCUT2D eigenvalue weighted by atomic mass is 15.2. The summed E-state index contributed by atoms with van der Waals surface area (Å²) in [6.07, 6.45) is 0. The van der Waals surface area contributed by atoms with Crippen LogP contribution in [0.4, 0.5) is 0 Å². The summed E-state index contributed by atoms with van der Waals surface area (Å²) in [5.74, 6) is 1.25. The van der Waals surface area contributed by atoms with Crippen molar-refractivity contribution in [2.45, 2.75) is 19.9 Å². The van der Waals surface area contributed by atoms with Gasteiger partial charge in [-0.2, -0.15) is 0 Å². The lowest BCUT2D eigenvalue weighted by Crippen LogP contribution is -2.29. The van der Waals surface area contributed by atoms with Crippen LogP contribution in [0.2, 0.25) is 0 Å². The molecule has 1 rings (SSSR count). The molecular weight excluding hydrogens is 150 g/mol. The van der Waals surface area contributed by atoms with Crippen molar-refractivity contribution >= 4 is 0 Å². The Balaban J connectivity index is 2.47. The van der Waals surface area contributed by atoms with Gasteiger partial charge in [0, 0.05) is 19.1 Å². The molecule has 1 fully saturated rings. The lowest BCUT2D eigenvalue weighted by atomic mass is 9.97. The highest BCUT2D eigenvalue weighted by molar-refractivity contribution is 4.86. The van der Waals surface area contributed by atoms with Crippen molar-refractivity contribution in [3.63, 3.8) is 0 Å². The molecular formula is C9H21N3. The van der Waals surface area contributed by atoms with E-state index in [4.69, 9.17) is 11.5 Å². The molecule has 0 unspecified atom stereocenters. The Morgan fingerprint density at radius 1 is 1.17 bits per heavy atom. The molecule has 0 radical (unpaired) electrons. The maximum Gasteiger partial charge on any atom is 0.00388 e. The first-order valence-electron chi connectivity index (χ1n) is 4.83. The fraction of sp³-hybridized carbons (Fsp3) is 1.00. The molecule has 0 aromatic heterocycles. The second-order valence-corrected chi connectivity index (χ2v) is 4.04. The summed E-state index contributed by atoms with van der Waals surface area (Å²) in [7, 11) is 0. The maximum absolute atomic E-state index is 5.68. The molecule has 0 bridgehead atoms. The SMILES string of the molecule is CC(C)N1C[C@@H](CN)[C@H](CN)C1. The van der Waals surface area contributed by atoms with Crippen LogP contribution < -0.4 is 11.5 Å². The zero-order chi connectivity index (χ0) is 9.14. The average Bonchev–Trinajstić information content (AvgIpc) is 2.46. The minimum atomic E-state index is 0.623. The van der Waals surface area contributed by atoms with Crippen molar-refractivity contribution in [1.82, 2.24) is 4.90 Å². The van der Waals surface area contributed by atoms with Gasteiger partial charge in [0.05, 0.1) is 0 Å². The predicted octanol–water partition coefficient (Wildman–Crippen LogP) is -0.140. The maximum atomic E-state index is 5.68. The third kappa shape index (κ3) is 1.97. The Bertz CT molecular complexity index is 124. The Morgan fingerprint density at radius 3 is 1.83 bits per heavy atom. The smallest absolute Gasteiger partial charge is 0.00388 e. The minimum Gasteiger partial charge on any atom is -0.330 e. The van der Waals surface area contributed by atoms with Crippen LogP contribution >= 0.6 is 0 Å². The second-order valence-electron chi connectivity index (χ2n) is 4.04. The normalized spacial score (nSPS) is 31.8. The number of rotatable bonds is 3. The first-order chi connectivity index (χ1) is 5.69. The summed E-state index contributed by atoms with van der Waals surface area (Å²) < 4.78 is 0. The molecule has 3 heteroatoms. The van der Waals surface area contributed by atoms with Crippen molar-refractivity contribution in [2.24, 2.45) is 23.3 Å². The van der Waals surface area contributed by atoms with E-state index >= 15 is 0 Å². The van der Waals surface area contributed by atoms with Gasteiger partial charge in [0.25, 0.3) is 0 Å². The van der Waals surface area contributed by atoms with Gasteiger partial charge in [0.15, 0.2) is 0 Å². The van der Waals surface area contributed by atoms with E-state index in [1.807, 2.05) is 0 Å². The number of likely N-dealkylation sites (tertiary alicyclic amines) is 1.